The molecule has 1 atom stereocenters. The Morgan fingerprint density at radius 1 is 1.00 bits per heavy atom. The third-order valence-electron chi connectivity index (χ3n) is 3.75. The van der Waals surface area contributed by atoms with E-state index >= 15 is 0 Å². The second-order valence-electron chi connectivity index (χ2n) is 5.84. The van der Waals surface area contributed by atoms with Crippen LogP contribution in [0.5, 0.6) is 0 Å². The Balaban J connectivity index is 1.83. The minimum absolute atomic E-state index is 0.0258. The van der Waals surface area contributed by atoms with Crippen LogP contribution in [0.2, 0.25) is 10.0 Å². The first-order valence-electron chi connectivity index (χ1n) is 8.33. The fourth-order valence-corrected chi connectivity index (χ4v) is 2.88. The lowest BCUT2D eigenvalue weighted by molar-refractivity contribution is -0.126. The van der Waals surface area contributed by atoms with Crippen molar-refractivity contribution >= 4 is 41.1 Å². The van der Waals surface area contributed by atoms with Crippen LogP contribution < -0.4 is 16.4 Å². The topological polar surface area (TPSA) is 111 Å². The number of ether oxygens (including phenoxy) is 1. The monoisotopic (exact) mass is 423 g/mol. The van der Waals surface area contributed by atoms with Gasteiger partial charge in [-0.05, 0) is 23.3 Å². The zero-order valence-corrected chi connectivity index (χ0v) is 16.3. The van der Waals surface area contributed by atoms with E-state index in [1.54, 1.807) is 30.3 Å². The fraction of sp³-hybridized carbons (Fsp3) is 0.211. The van der Waals surface area contributed by atoms with Crippen molar-refractivity contribution in [1.82, 2.24) is 10.6 Å². The molecule has 2 rings (SSSR count). The molecule has 0 bridgehead atoms. The van der Waals surface area contributed by atoms with E-state index in [0.29, 0.717) is 15.6 Å². The summed E-state index contributed by atoms with van der Waals surface area (Å²) in [7, 11) is 0. The van der Waals surface area contributed by atoms with E-state index in [1.807, 2.05) is 18.2 Å². The minimum atomic E-state index is -1.04. The van der Waals surface area contributed by atoms with Gasteiger partial charge in [0, 0.05) is 16.5 Å². The number of rotatable bonds is 8. The Hall–Kier alpha value is -2.77. The number of hydrogen-bond donors (Lipinski definition) is 3. The van der Waals surface area contributed by atoms with Gasteiger partial charge in [0.2, 0.25) is 11.8 Å². The van der Waals surface area contributed by atoms with E-state index in [0.717, 1.165) is 5.56 Å². The molecule has 0 aromatic heterocycles. The largest absolute Gasteiger partial charge is 0.445 e. The van der Waals surface area contributed by atoms with Gasteiger partial charge >= 0.3 is 6.09 Å². The maximum absolute atomic E-state index is 12.0. The summed E-state index contributed by atoms with van der Waals surface area (Å²) in [5, 5.41) is 5.47. The van der Waals surface area contributed by atoms with Gasteiger partial charge in [-0.3, -0.25) is 9.59 Å². The smallest absolute Gasteiger partial charge is 0.407 e. The lowest BCUT2D eigenvalue weighted by Gasteiger charge is -2.17. The molecule has 2 aromatic rings. The van der Waals surface area contributed by atoms with Crippen LogP contribution in [0.1, 0.15) is 11.1 Å². The van der Waals surface area contributed by atoms with Crippen LogP contribution in [-0.2, 0) is 27.4 Å². The van der Waals surface area contributed by atoms with Crippen LogP contribution in [0, 0.1) is 0 Å². The highest BCUT2D eigenvalue weighted by Gasteiger charge is 2.21. The number of primary amides is 1. The predicted molar refractivity (Wildman–Crippen MR) is 106 cm³/mol. The standard InChI is InChI=1S/C19H19Cl2N3O4/c20-14-7-4-8-15(21)13(14)9-16(18(22)26)24-17(25)10-23-19(27)28-11-12-5-2-1-3-6-12/h1-8,16H,9-11H2,(H2,22,26)(H,23,27)(H,24,25)/t16-/m1/s1. The van der Waals surface area contributed by atoms with Crippen molar-refractivity contribution in [1.29, 1.82) is 0 Å². The second kappa shape index (κ2) is 10.5. The molecule has 0 spiro atoms. The van der Waals surface area contributed by atoms with Crippen molar-refractivity contribution < 1.29 is 19.1 Å². The number of hydrogen-bond acceptors (Lipinski definition) is 4. The van der Waals surface area contributed by atoms with Gasteiger partial charge in [-0.2, -0.15) is 0 Å². The van der Waals surface area contributed by atoms with Crippen molar-refractivity contribution in [3.8, 4) is 0 Å². The van der Waals surface area contributed by atoms with E-state index in [9.17, 15) is 14.4 Å². The van der Waals surface area contributed by atoms with Gasteiger partial charge in [-0.25, -0.2) is 4.79 Å². The number of carbonyl (C=O) groups excluding carboxylic acids is 3. The number of halogens is 2. The molecular weight excluding hydrogens is 405 g/mol. The van der Waals surface area contributed by atoms with E-state index in [1.165, 1.54) is 0 Å². The van der Waals surface area contributed by atoms with Gasteiger partial charge in [-0.1, -0.05) is 59.6 Å². The summed E-state index contributed by atoms with van der Waals surface area (Å²) in [6, 6.07) is 13.0. The van der Waals surface area contributed by atoms with Gasteiger partial charge in [0.1, 0.15) is 19.2 Å². The maximum atomic E-state index is 12.0. The first kappa shape index (κ1) is 21.5. The molecular formula is C19H19Cl2N3O4. The lowest BCUT2D eigenvalue weighted by Crippen LogP contribution is -2.49. The molecule has 9 heteroatoms. The molecule has 0 saturated carbocycles. The molecule has 0 radical (unpaired) electrons. The molecule has 0 aliphatic rings. The summed E-state index contributed by atoms with van der Waals surface area (Å²) < 4.78 is 5.00. The average molecular weight is 424 g/mol. The molecule has 0 aliphatic heterocycles. The lowest BCUT2D eigenvalue weighted by atomic mass is 10.1. The highest BCUT2D eigenvalue weighted by Crippen LogP contribution is 2.25. The molecule has 0 aliphatic carbocycles. The Bertz CT molecular complexity index is 826. The second-order valence-corrected chi connectivity index (χ2v) is 6.66. The van der Waals surface area contributed by atoms with Crippen LogP contribution in [-0.4, -0.2) is 30.5 Å². The quantitative estimate of drug-likeness (QED) is 0.605. The predicted octanol–water partition coefficient (Wildman–Crippen LogP) is 2.43. The summed E-state index contributed by atoms with van der Waals surface area (Å²) >= 11 is 12.2. The average Bonchev–Trinajstić information content (AvgIpc) is 2.67. The van der Waals surface area contributed by atoms with Crippen LogP contribution in [0.25, 0.3) is 0 Å². The SMILES string of the molecule is NC(=O)[C@@H](Cc1c(Cl)cccc1Cl)NC(=O)CNC(=O)OCc1ccccc1. The zero-order valence-electron chi connectivity index (χ0n) is 14.8. The summed E-state index contributed by atoms with van der Waals surface area (Å²) in [5.74, 6) is -1.36. The number of carbonyl (C=O) groups is 3. The van der Waals surface area contributed by atoms with E-state index in [4.69, 9.17) is 33.7 Å². The molecule has 0 fully saturated rings. The van der Waals surface area contributed by atoms with Crippen LogP contribution in [0.3, 0.4) is 0 Å². The maximum Gasteiger partial charge on any atom is 0.407 e. The van der Waals surface area contributed by atoms with E-state index in [-0.39, 0.29) is 19.6 Å². The molecule has 148 valence electrons. The first-order valence-corrected chi connectivity index (χ1v) is 9.08. The van der Waals surface area contributed by atoms with Crippen molar-refractivity contribution in [3.63, 3.8) is 0 Å². The minimum Gasteiger partial charge on any atom is -0.445 e. The molecule has 0 saturated heterocycles. The highest BCUT2D eigenvalue weighted by atomic mass is 35.5. The first-order chi connectivity index (χ1) is 13.4. The Morgan fingerprint density at radius 3 is 2.25 bits per heavy atom. The Labute approximate surface area is 172 Å². The molecule has 28 heavy (non-hydrogen) atoms. The third kappa shape index (κ3) is 6.75. The molecule has 2 aromatic carbocycles. The van der Waals surface area contributed by atoms with Crippen LogP contribution in [0.15, 0.2) is 48.5 Å². The van der Waals surface area contributed by atoms with Crippen LogP contribution >= 0.6 is 23.2 Å². The van der Waals surface area contributed by atoms with Crippen molar-refractivity contribution in [2.24, 2.45) is 5.73 Å². The van der Waals surface area contributed by atoms with E-state index in [2.05, 4.69) is 10.6 Å². The van der Waals surface area contributed by atoms with Crippen molar-refractivity contribution in [3.05, 3.63) is 69.7 Å². The fourth-order valence-electron chi connectivity index (χ4n) is 2.33. The van der Waals surface area contributed by atoms with E-state index < -0.39 is 23.9 Å². The van der Waals surface area contributed by atoms with Gasteiger partial charge < -0.3 is 21.1 Å². The summed E-state index contributed by atoms with van der Waals surface area (Å²) in [5.41, 5.74) is 6.65. The van der Waals surface area contributed by atoms with Gasteiger partial charge in [0.15, 0.2) is 0 Å². The number of benzene rings is 2. The van der Waals surface area contributed by atoms with Gasteiger partial charge in [0.05, 0.1) is 0 Å². The zero-order chi connectivity index (χ0) is 20.5. The summed E-state index contributed by atoms with van der Waals surface area (Å²) in [6.45, 7) is -0.309. The molecule has 4 N–H and O–H groups in total. The number of nitrogens with two attached hydrogens (primary N) is 1. The molecule has 3 amide bonds. The number of amides is 3. The summed E-state index contributed by atoms with van der Waals surface area (Å²) in [4.78, 5) is 35.4. The molecule has 7 nitrogen and oxygen atoms in total. The van der Waals surface area contributed by atoms with Gasteiger partial charge in [-0.15, -0.1) is 0 Å². The third-order valence-corrected chi connectivity index (χ3v) is 4.46. The number of nitrogens with one attached hydrogen (secondary N) is 2. The highest BCUT2D eigenvalue weighted by molar-refractivity contribution is 6.36. The molecule has 0 heterocycles. The van der Waals surface area contributed by atoms with Gasteiger partial charge in [0.25, 0.3) is 0 Å². The Kier molecular flexibility index (Phi) is 8.10. The summed E-state index contributed by atoms with van der Waals surface area (Å²) in [6.07, 6.45) is -0.735. The van der Waals surface area contributed by atoms with Crippen molar-refractivity contribution in [2.45, 2.75) is 19.1 Å². The van der Waals surface area contributed by atoms with Crippen LogP contribution in [0.4, 0.5) is 4.79 Å². The number of alkyl carbamates (subject to hydrolysis) is 1. The Morgan fingerprint density at radius 2 is 1.64 bits per heavy atom. The van der Waals surface area contributed by atoms with Crippen molar-refractivity contribution in [2.75, 3.05) is 6.54 Å². The molecule has 0 unspecified atom stereocenters. The normalized spacial score (nSPS) is 11.4.